The van der Waals surface area contributed by atoms with Crippen LogP contribution in [0.15, 0.2) is 66.9 Å². The standard InChI is InChI=1S/C22H20ClFN2O3/c1-22(2,29-19-7-3-16(23)4-8-19)21(27)26-14-15-11-12-25-20(13-15)28-18-9-5-17(24)6-10-18/h3-13H,14H2,1-2H3,(H,26,27). The van der Waals surface area contributed by atoms with E-state index in [2.05, 4.69) is 10.3 Å². The Morgan fingerprint density at radius 3 is 2.41 bits per heavy atom. The van der Waals surface area contributed by atoms with Gasteiger partial charge in [0, 0.05) is 23.8 Å². The molecule has 0 aliphatic rings. The molecule has 1 amide bonds. The highest BCUT2D eigenvalue weighted by Crippen LogP contribution is 2.22. The average Bonchev–Trinajstić information content (AvgIpc) is 2.70. The predicted octanol–water partition coefficient (Wildman–Crippen LogP) is 5.14. The third-order valence-corrected chi connectivity index (χ3v) is 4.27. The molecule has 0 aliphatic heterocycles. The summed E-state index contributed by atoms with van der Waals surface area (Å²) in [5, 5.41) is 3.44. The van der Waals surface area contributed by atoms with Gasteiger partial charge in [0.25, 0.3) is 5.91 Å². The van der Waals surface area contributed by atoms with E-state index in [1.54, 1.807) is 56.4 Å². The summed E-state index contributed by atoms with van der Waals surface area (Å²) >= 11 is 5.87. The molecule has 0 aliphatic carbocycles. The van der Waals surface area contributed by atoms with E-state index in [9.17, 15) is 9.18 Å². The monoisotopic (exact) mass is 414 g/mol. The van der Waals surface area contributed by atoms with Gasteiger partial charge >= 0.3 is 0 Å². The van der Waals surface area contributed by atoms with Crippen LogP contribution < -0.4 is 14.8 Å². The van der Waals surface area contributed by atoms with Crippen LogP contribution in [0.5, 0.6) is 17.4 Å². The van der Waals surface area contributed by atoms with E-state index in [0.29, 0.717) is 22.4 Å². The van der Waals surface area contributed by atoms with Crippen LogP contribution in [0.2, 0.25) is 5.02 Å². The fourth-order valence-corrected chi connectivity index (χ4v) is 2.60. The van der Waals surface area contributed by atoms with Gasteiger partial charge < -0.3 is 14.8 Å². The van der Waals surface area contributed by atoms with E-state index in [0.717, 1.165) is 5.56 Å². The average molecular weight is 415 g/mol. The lowest BCUT2D eigenvalue weighted by Crippen LogP contribution is -2.46. The lowest BCUT2D eigenvalue weighted by Gasteiger charge is -2.25. The number of carbonyl (C=O) groups is 1. The summed E-state index contributed by atoms with van der Waals surface area (Å²) < 4.78 is 24.4. The molecule has 0 fully saturated rings. The van der Waals surface area contributed by atoms with E-state index in [1.165, 1.54) is 24.3 Å². The van der Waals surface area contributed by atoms with Gasteiger partial charge in [0.2, 0.25) is 5.88 Å². The zero-order valence-corrected chi connectivity index (χ0v) is 16.7. The molecule has 0 atom stereocenters. The second-order valence-corrected chi connectivity index (χ2v) is 7.24. The van der Waals surface area contributed by atoms with Crippen LogP contribution in [0, 0.1) is 5.82 Å². The summed E-state index contributed by atoms with van der Waals surface area (Å²) in [7, 11) is 0. The third-order valence-electron chi connectivity index (χ3n) is 4.02. The Kier molecular flexibility index (Phi) is 6.34. The van der Waals surface area contributed by atoms with Crippen LogP contribution in [0.25, 0.3) is 0 Å². The van der Waals surface area contributed by atoms with Crippen LogP contribution >= 0.6 is 11.6 Å². The fraction of sp³-hybridized carbons (Fsp3) is 0.182. The number of pyridine rings is 1. The Balaban J connectivity index is 1.59. The summed E-state index contributed by atoms with van der Waals surface area (Å²) in [6.07, 6.45) is 1.58. The van der Waals surface area contributed by atoms with E-state index in [1.807, 2.05) is 0 Å². The van der Waals surface area contributed by atoms with Gasteiger partial charge in [-0.05, 0) is 74.0 Å². The molecule has 0 unspecified atom stereocenters. The molecule has 2 aromatic carbocycles. The molecule has 1 aromatic heterocycles. The van der Waals surface area contributed by atoms with Crippen LogP contribution in [0.3, 0.4) is 0 Å². The van der Waals surface area contributed by atoms with E-state index in [-0.39, 0.29) is 18.3 Å². The van der Waals surface area contributed by atoms with Crippen molar-refractivity contribution < 1.29 is 18.7 Å². The molecule has 7 heteroatoms. The summed E-state index contributed by atoms with van der Waals surface area (Å²) in [4.78, 5) is 16.7. The van der Waals surface area contributed by atoms with Crippen molar-refractivity contribution >= 4 is 17.5 Å². The number of rotatable bonds is 7. The SMILES string of the molecule is CC(C)(Oc1ccc(Cl)cc1)C(=O)NCc1ccnc(Oc2ccc(F)cc2)c1. The number of halogens is 2. The maximum absolute atomic E-state index is 13.0. The number of benzene rings is 2. The normalized spacial score (nSPS) is 11.0. The van der Waals surface area contributed by atoms with Crippen molar-refractivity contribution in [2.45, 2.75) is 26.0 Å². The first-order chi connectivity index (χ1) is 13.8. The van der Waals surface area contributed by atoms with Gasteiger partial charge in [0.05, 0.1) is 0 Å². The van der Waals surface area contributed by atoms with Crippen LogP contribution in [0.4, 0.5) is 4.39 Å². The van der Waals surface area contributed by atoms with Crippen molar-refractivity contribution in [3.63, 3.8) is 0 Å². The Hall–Kier alpha value is -3.12. The van der Waals surface area contributed by atoms with E-state index in [4.69, 9.17) is 21.1 Å². The third kappa shape index (κ3) is 5.93. The zero-order chi connectivity index (χ0) is 20.9. The Morgan fingerprint density at radius 1 is 1.07 bits per heavy atom. The van der Waals surface area contributed by atoms with Gasteiger partial charge in [0.15, 0.2) is 5.60 Å². The maximum Gasteiger partial charge on any atom is 0.263 e. The van der Waals surface area contributed by atoms with Crippen LogP contribution in [0.1, 0.15) is 19.4 Å². The van der Waals surface area contributed by atoms with Crippen molar-refractivity contribution in [1.29, 1.82) is 0 Å². The summed E-state index contributed by atoms with van der Waals surface area (Å²) in [5.41, 5.74) is -0.276. The molecule has 150 valence electrons. The Bertz CT molecular complexity index is 976. The van der Waals surface area contributed by atoms with Gasteiger partial charge in [-0.1, -0.05) is 11.6 Å². The number of aromatic nitrogens is 1. The smallest absolute Gasteiger partial charge is 0.263 e. The van der Waals surface area contributed by atoms with Crippen molar-refractivity contribution in [2.75, 3.05) is 0 Å². The van der Waals surface area contributed by atoms with Gasteiger partial charge in [-0.2, -0.15) is 0 Å². The summed E-state index contributed by atoms with van der Waals surface area (Å²) in [6, 6.07) is 15.9. The molecule has 0 bridgehead atoms. The number of ether oxygens (including phenoxy) is 2. The predicted molar refractivity (Wildman–Crippen MR) is 109 cm³/mol. The van der Waals surface area contributed by atoms with Gasteiger partial charge in [-0.15, -0.1) is 0 Å². The molecule has 0 saturated heterocycles. The topological polar surface area (TPSA) is 60.5 Å². The van der Waals surface area contributed by atoms with Gasteiger partial charge in [0.1, 0.15) is 17.3 Å². The van der Waals surface area contributed by atoms with E-state index >= 15 is 0 Å². The molecular formula is C22H20ClFN2O3. The van der Waals surface area contributed by atoms with Crippen molar-refractivity contribution in [3.8, 4) is 17.4 Å². The van der Waals surface area contributed by atoms with Crippen LogP contribution in [-0.2, 0) is 11.3 Å². The second kappa shape index (κ2) is 8.92. The Morgan fingerprint density at radius 2 is 1.72 bits per heavy atom. The molecule has 1 heterocycles. The molecule has 0 saturated carbocycles. The van der Waals surface area contributed by atoms with E-state index < -0.39 is 5.60 Å². The molecule has 3 rings (SSSR count). The Labute approximate surface area is 173 Å². The number of hydrogen-bond acceptors (Lipinski definition) is 4. The first-order valence-electron chi connectivity index (χ1n) is 8.93. The zero-order valence-electron chi connectivity index (χ0n) is 16.0. The first kappa shape index (κ1) is 20.6. The molecule has 29 heavy (non-hydrogen) atoms. The van der Waals surface area contributed by atoms with Crippen molar-refractivity contribution in [3.05, 3.63) is 83.3 Å². The molecule has 0 radical (unpaired) electrons. The molecule has 0 spiro atoms. The quantitative estimate of drug-likeness (QED) is 0.581. The maximum atomic E-state index is 13.0. The number of hydrogen-bond donors (Lipinski definition) is 1. The molecule has 1 N–H and O–H groups in total. The second-order valence-electron chi connectivity index (χ2n) is 6.81. The largest absolute Gasteiger partial charge is 0.478 e. The number of amides is 1. The number of carbonyl (C=O) groups excluding carboxylic acids is 1. The minimum Gasteiger partial charge on any atom is -0.478 e. The number of nitrogens with one attached hydrogen (secondary N) is 1. The van der Waals surface area contributed by atoms with Gasteiger partial charge in [-0.3, -0.25) is 4.79 Å². The highest BCUT2D eigenvalue weighted by Gasteiger charge is 2.29. The number of nitrogens with zero attached hydrogens (tertiary/aromatic N) is 1. The highest BCUT2D eigenvalue weighted by molar-refractivity contribution is 6.30. The summed E-state index contributed by atoms with van der Waals surface area (Å²) in [5.74, 6) is 0.751. The van der Waals surface area contributed by atoms with Crippen molar-refractivity contribution in [2.24, 2.45) is 0 Å². The summed E-state index contributed by atoms with van der Waals surface area (Å²) in [6.45, 7) is 3.65. The molecule has 5 nitrogen and oxygen atoms in total. The lowest BCUT2D eigenvalue weighted by atomic mass is 10.1. The van der Waals surface area contributed by atoms with Gasteiger partial charge in [-0.25, -0.2) is 9.37 Å². The lowest BCUT2D eigenvalue weighted by molar-refractivity contribution is -0.134. The fourth-order valence-electron chi connectivity index (χ4n) is 2.48. The van der Waals surface area contributed by atoms with Crippen LogP contribution in [-0.4, -0.2) is 16.5 Å². The highest BCUT2D eigenvalue weighted by atomic mass is 35.5. The minimum atomic E-state index is -1.08. The van der Waals surface area contributed by atoms with Crippen molar-refractivity contribution in [1.82, 2.24) is 10.3 Å². The molecule has 3 aromatic rings. The minimum absolute atomic E-state index is 0.272. The molecular weight excluding hydrogens is 395 g/mol. The first-order valence-corrected chi connectivity index (χ1v) is 9.31.